The molecule has 0 saturated carbocycles. The summed E-state index contributed by atoms with van der Waals surface area (Å²) >= 11 is 0. The van der Waals surface area contributed by atoms with Crippen molar-refractivity contribution in [2.75, 3.05) is 5.32 Å². The van der Waals surface area contributed by atoms with Gasteiger partial charge in [0.15, 0.2) is 0 Å². The number of hydrogen-bond acceptors (Lipinski definition) is 3. The van der Waals surface area contributed by atoms with E-state index in [1.54, 1.807) is 30.6 Å². The molecule has 2 amide bonds. The van der Waals surface area contributed by atoms with Crippen molar-refractivity contribution in [3.8, 4) is 0 Å². The number of para-hydroxylation sites is 2. The molecular weight excluding hydrogens is 328 g/mol. The van der Waals surface area contributed by atoms with Gasteiger partial charge in [-0.3, -0.25) is 9.59 Å². The zero-order valence-electron chi connectivity index (χ0n) is 14.9. The largest absolute Gasteiger partial charge is 0.350 e. The first-order valence-corrected chi connectivity index (χ1v) is 8.63. The van der Waals surface area contributed by atoms with E-state index in [0.29, 0.717) is 24.2 Å². The topological polar surface area (TPSA) is 76.0 Å². The van der Waals surface area contributed by atoms with Crippen molar-refractivity contribution in [1.82, 2.24) is 14.9 Å². The summed E-state index contributed by atoms with van der Waals surface area (Å²) in [7, 11) is 0. The fourth-order valence-corrected chi connectivity index (χ4v) is 2.68. The van der Waals surface area contributed by atoms with Crippen molar-refractivity contribution in [3.05, 3.63) is 60.4 Å². The van der Waals surface area contributed by atoms with Crippen molar-refractivity contribution < 1.29 is 9.59 Å². The van der Waals surface area contributed by atoms with Crippen LogP contribution in [0.3, 0.4) is 0 Å². The van der Waals surface area contributed by atoms with Gasteiger partial charge in [-0.2, -0.15) is 0 Å². The van der Waals surface area contributed by atoms with Gasteiger partial charge in [0.25, 0.3) is 5.91 Å². The number of imidazole rings is 1. The molecule has 26 heavy (non-hydrogen) atoms. The van der Waals surface area contributed by atoms with Gasteiger partial charge in [0, 0.05) is 30.3 Å². The molecule has 0 bridgehead atoms. The molecule has 0 aliphatic rings. The van der Waals surface area contributed by atoms with Gasteiger partial charge in [0.1, 0.15) is 0 Å². The lowest BCUT2D eigenvalue weighted by molar-refractivity contribution is -0.116. The van der Waals surface area contributed by atoms with Crippen molar-refractivity contribution in [2.45, 2.75) is 32.9 Å². The van der Waals surface area contributed by atoms with Gasteiger partial charge in [-0.25, -0.2) is 4.98 Å². The van der Waals surface area contributed by atoms with E-state index >= 15 is 0 Å². The number of carbonyl (C=O) groups excluding carboxylic acids is 2. The predicted octanol–water partition coefficient (Wildman–Crippen LogP) is 3.20. The van der Waals surface area contributed by atoms with E-state index in [9.17, 15) is 9.59 Å². The molecule has 0 saturated heterocycles. The lowest BCUT2D eigenvalue weighted by atomic mass is 10.2. The second-order valence-electron chi connectivity index (χ2n) is 6.43. The van der Waals surface area contributed by atoms with E-state index in [1.165, 1.54) is 0 Å². The van der Waals surface area contributed by atoms with Crippen LogP contribution in [0, 0.1) is 0 Å². The summed E-state index contributed by atoms with van der Waals surface area (Å²) in [6, 6.07) is 14.8. The summed E-state index contributed by atoms with van der Waals surface area (Å²) in [4.78, 5) is 28.4. The molecule has 134 valence electrons. The fourth-order valence-electron chi connectivity index (χ4n) is 2.68. The van der Waals surface area contributed by atoms with Gasteiger partial charge >= 0.3 is 0 Å². The van der Waals surface area contributed by atoms with Gasteiger partial charge < -0.3 is 15.2 Å². The lowest BCUT2D eigenvalue weighted by Crippen LogP contribution is -2.30. The van der Waals surface area contributed by atoms with Gasteiger partial charge in [-0.1, -0.05) is 12.1 Å². The molecule has 6 heteroatoms. The summed E-state index contributed by atoms with van der Waals surface area (Å²) in [5, 5.41) is 5.69. The smallest absolute Gasteiger partial charge is 0.251 e. The Bertz CT molecular complexity index is 913. The first-order valence-electron chi connectivity index (χ1n) is 8.63. The Balaban J connectivity index is 1.55. The third-order valence-electron chi connectivity index (χ3n) is 3.96. The Labute approximate surface area is 152 Å². The van der Waals surface area contributed by atoms with Crippen LogP contribution in [0.1, 0.15) is 30.6 Å². The van der Waals surface area contributed by atoms with Crippen molar-refractivity contribution in [3.63, 3.8) is 0 Å². The minimum Gasteiger partial charge on any atom is -0.350 e. The first-order chi connectivity index (χ1) is 12.5. The molecule has 0 aliphatic heterocycles. The van der Waals surface area contributed by atoms with Crippen LogP contribution < -0.4 is 10.6 Å². The number of aromatic nitrogens is 2. The molecule has 3 aromatic rings. The minimum absolute atomic E-state index is 0.0813. The fraction of sp³-hybridized carbons (Fsp3) is 0.250. The normalized spacial score (nSPS) is 10.9. The number of amides is 2. The maximum atomic E-state index is 12.2. The lowest BCUT2D eigenvalue weighted by Gasteiger charge is -2.10. The van der Waals surface area contributed by atoms with E-state index in [-0.39, 0.29) is 17.9 Å². The van der Waals surface area contributed by atoms with Crippen molar-refractivity contribution >= 4 is 28.5 Å². The zero-order chi connectivity index (χ0) is 18.5. The molecule has 2 N–H and O–H groups in total. The molecule has 2 aromatic carbocycles. The number of rotatable bonds is 6. The highest BCUT2D eigenvalue weighted by atomic mass is 16.2. The summed E-state index contributed by atoms with van der Waals surface area (Å²) in [6.07, 6.45) is 2.09. The standard InChI is InChI=1S/C20H22N4O2/c1-14(2)22-20(26)15-7-9-16(10-8-15)23-19(25)11-12-24-13-21-17-5-3-4-6-18(17)24/h3-10,13-14H,11-12H2,1-2H3,(H,22,26)(H,23,25). The molecule has 1 aromatic heterocycles. The molecule has 3 rings (SSSR count). The maximum Gasteiger partial charge on any atom is 0.251 e. The van der Waals surface area contributed by atoms with E-state index in [0.717, 1.165) is 11.0 Å². The van der Waals surface area contributed by atoms with Crippen LogP contribution in [-0.4, -0.2) is 27.4 Å². The SMILES string of the molecule is CC(C)NC(=O)c1ccc(NC(=O)CCn2cnc3ccccc32)cc1. The molecule has 0 unspecified atom stereocenters. The highest BCUT2D eigenvalue weighted by molar-refractivity contribution is 5.96. The quantitative estimate of drug-likeness (QED) is 0.717. The first kappa shape index (κ1) is 17.7. The maximum absolute atomic E-state index is 12.2. The number of nitrogens with one attached hydrogen (secondary N) is 2. The van der Waals surface area contributed by atoms with Crippen LogP contribution >= 0.6 is 0 Å². The summed E-state index contributed by atoms with van der Waals surface area (Å²) in [5.74, 6) is -0.202. The number of nitrogens with zero attached hydrogens (tertiary/aromatic N) is 2. The van der Waals surface area contributed by atoms with Gasteiger partial charge in [-0.15, -0.1) is 0 Å². The second kappa shape index (κ2) is 7.82. The van der Waals surface area contributed by atoms with E-state index < -0.39 is 0 Å². The number of anilines is 1. The van der Waals surface area contributed by atoms with Gasteiger partial charge in [0.05, 0.1) is 17.4 Å². The predicted molar refractivity (Wildman–Crippen MR) is 102 cm³/mol. The Morgan fingerprint density at radius 2 is 1.81 bits per heavy atom. The van der Waals surface area contributed by atoms with Crippen LogP contribution in [0.2, 0.25) is 0 Å². The Kier molecular flexibility index (Phi) is 5.31. The number of fused-ring (bicyclic) bond motifs is 1. The van der Waals surface area contributed by atoms with Crippen LogP contribution in [0.25, 0.3) is 11.0 Å². The average molecular weight is 350 g/mol. The summed E-state index contributed by atoms with van der Waals surface area (Å²) in [5.41, 5.74) is 3.18. The van der Waals surface area contributed by atoms with Crippen LogP contribution in [-0.2, 0) is 11.3 Å². The molecule has 0 radical (unpaired) electrons. The number of carbonyl (C=O) groups is 2. The number of hydrogen-bond donors (Lipinski definition) is 2. The van der Waals surface area contributed by atoms with Gasteiger partial charge in [-0.05, 0) is 50.2 Å². The third-order valence-corrected chi connectivity index (χ3v) is 3.96. The monoisotopic (exact) mass is 350 g/mol. The van der Waals surface area contributed by atoms with E-state index in [1.807, 2.05) is 42.7 Å². The third kappa shape index (κ3) is 4.27. The Hall–Kier alpha value is -3.15. The zero-order valence-corrected chi connectivity index (χ0v) is 14.9. The van der Waals surface area contributed by atoms with Crippen LogP contribution in [0.15, 0.2) is 54.9 Å². The van der Waals surface area contributed by atoms with Crippen LogP contribution in [0.4, 0.5) is 5.69 Å². The van der Waals surface area contributed by atoms with Gasteiger partial charge in [0.2, 0.25) is 5.91 Å². The highest BCUT2D eigenvalue weighted by Crippen LogP contribution is 2.13. The van der Waals surface area contributed by atoms with E-state index in [4.69, 9.17) is 0 Å². The highest BCUT2D eigenvalue weighted by Gasteiger charge is 2.08. The molecule has 0 atom stereocenters. The van der Waals surface area contributed by atoms with Crippen molar-refractivity contribution in [2.24, 2.45) is 0 Å². The molecular formula is C20H22N4O2. The summed E-state index contributed by atoms with van der Waals surface area (Å²) in [6.45, 7) is 4.38. The Morgan fingerprint density at radius 3 is 2.54 bits per heavy atom. The Morgan fingerprint density at radius 1 is 1.08 bits per heavy atom. The second-order valence-corrected chi connectivity index (χ2v) is 6.43. The molecule has 0 fully saturated rings. The minimum atomic E-state index is -0.120. The summed E-state index contributed by atoms with van der Waals surface area (Å²) < 4.78 is 1.97. The van der Waals surface area contributed by atoms with E-state index in [2.05, 4.69) is 15.6 Å². The molecule has 0 spiro atoms. The number of benzene rings is 2. The molecule has 6 nitrogen and oxygen atoms in total. The molecule has 1 heterocycles. The average Bonchev–Trinajstić information content (AvgIpc) is 3.03. The van der Waals surface area contributed by atoms with Crippen molar-refractivity contribution in [1.29, 1.82) is 0 Å². The van der Waals surface area contributed by atoms with Crippen LogP contribution in [0.5, 0.6) is 0 Å². The number of aryl methyl sites for hydroxylation is 1. The molecule has 0 aliphatic carbocycles.